The topological polar surface area (TPSA) is 88.2 Å². The average molecular weight is 215 g/mol. The van der Waals surface area contributed by atoms with Gasteiger partial charge in [0.05, 0.1) is 4.48 Å². The Morgan fingerprint density at radius 3 is 2.55 bits per heavy atom. The lowest BCUT2D eigenvalue weighted by molar-refractivity contribution is 1.26. The summed E-state index contributed by atoms with van der Waals surface area (Å²) in [5.74, 6) is 0.0698. The van der Waals surface area contributed by atoms with Crippen molar-refractivity contribution in [3.63, 3.8) is 0 Å². The van der Waals surface area contributed by atoms with Crippen LogP contribution in [0.2, 0.25) is 0 Å². The van der Waals surface area contributed by atoms with Gasteiger partial charge in [0, 0.05) is 6.20 Å². The van der Waals surface area contributed by atoms with Crippen LogP contribution in [0.25, 0.3) is 0 Å². The molecule has 4 N–H and O–H groups in total. The Balaban J connectivity index is 4.72. The summed E-state index contributed by atoms with van der Waals surface area (Å²) in [6, 6.07) is 1.80. The van der Waals surface area contributed by atoms with Crippen molar-refractivity contribution in [1.29, 1.82) is 5.26 Å². The van der Waals surface area contributed by atoms with Crippen LogP contribution in [0.3, 0.4) is 0 Å². The highest BCUT2D eigenvalue weighted by Crippen LogP contribution is 2.05. The van der Waals surface area contributed by atoms with Gasteiger partial charge in [0.2, 0.25) is 0 Å². The van der Waals surface area contributed by atoms with Crippen molar-refractivity contribution in [2.45, 2.75) is 0 Å². The zero-order chi connectivity index (χ0) is 8.85. The van der Waals surface area contributed by atoms with E-state index in [0.717, 1.165) is 0 Å². The first-order valence-electron chi connectivity index (χ1n) is 2.62. The Hall–Kier alpha value is -1.28. The summed E-state index contributed by atoms with van der Waals surface area (Å²) in [6.07, 6.45) is 1.21. The molecule has 0 heterocycles. The van der Waals surface area contributed by atoms with Crippen LogP contribution in [0.5, 0.6) is 0 Å². The van der Waals surface area contributed by atoms with E-state index in [-0.39, 0.29) is 11.5 Å². The molecule has 0 aromatic carbocycles. The van der Waals surface area contributed by atoms with Crippen molar-refractivity contribution in [1.82, 2.24) is 0 Å². The molecule has 0 aliphatic heterocycles. The standard InChI is InChI=1S/C6H7BrN4/c1-4(10)11-6(3-9)5(7)2-8/h2H,1,8,10H2/b5-2+,11-6-. The average Bonchev–Trinajstić information content (AvgIpc) is 1.98. The summed E-state index contributed by atoms with van der Waals surface area (Å²) in [4.78, 5) is 3.61. The molecule has 0 saturated heterocycles. The Labute approximate surface area is 73.0 Å². The number of aliphatic imine (C=N–C) groups is 1. The molecule has 0 fully saturated rings. The third kappa shape index (κ3) is 3.43. The predicted molar refractivity (Wildman–Crippen MR) is 47.6 cm³/mol. The maximum absolute atomic E-state index is 8.47. The smallest absolute Gasteiger partial charge is 0.158 e. The van der Waals surface area contributed by atoms with E-state index in [9.17, 15) is 0 Å². The Morgan fingerprint density at radius 1 is 1.73 bits per heavy atom. The minimum atomic E-state index is 0.0698. The van der Waals surface area contributed by atoms with E-state index in [1.165, 1.54) is 6.20 Å². The van der Waals surface area contributed by atoms with E-state index in [4.69, 9.17) is 16.7 Å². The molecule has 0 saturated carbocycles. The second kappa shape index (κ2) is 4.52. The highest BCUT2D eigenvalue weighted by Gasteiger charge is 2.00. The highest BCUT2D eigenvalue weighted by atomic mass is 79.9. The summed E-state index contributed by atoms with van der Waals surface area (Å²) >= 11 is 3.02. The molecule has 58 valence electrons. The van der Waals surface area contributed by atoms with Gasteiger partial charge < -0.3 is 11.5 Å². The van der Waals surface area contributed by atoms with Crippen LogP contribution in [0.15, 0.2) is 28.1 Å². The van der Waals surface area contributed by atoms with Gasteiger partial charge in [-0.2, -0.15) is 5.26 Å². The van der Waals surface area contributed by atoms with Crippen LogP contribution < -0.4 is 11.5 Å². The zero-order valence-electron chi connectivity index (χ0n) is 5.71. The third-order valence-electron chi connectivity index (χ3n) is 0.734. The number of nitrogens with two attached hydrogens (primary N) is 2. The fraction of sp³-hybridized carbons (Fsp3) is 0. The maximum Gasteiger partial charge on any atom is 0.158 e. The lowest BCUT2D eigenvalue weighted by Gasteiger charge is -1.92. The largest absolute Gasteiger partial charge is 0.404 e. The molecule has 5 heteroatoms. The van der Waals surface area contributed by atoms with Gasteiger partial charge >= 0.3 is 0 Å². The molecule has 0 unspecified atom stereocenters. The van der Waals surface area contributed by atoms with Crippen LogP contribution >= 0.6 is 15.9 Å². The van der Waals surface area contributed by atoms with Gasteiger partial charge in [0.15, 0.2) is 5.71 Å². The fourth-order valence-corrected chi connectivity index (χ4v) is 0.532. The number of hydrogen-bond acceptors (Lipinski definition) is 4. The second-order valence-corrected chi connectivity index (χ2v) is 2.43. The minimum Gasteiger partial charge on any atom is -0.404 e. The molecular weight excluding hydrogens is 208 g/mol. The third-order valence-corrected chi connectivity index (χ3v) is 1.37. The second-order valence-electron chi connectivity index (χ2n) is 1.58. The van der Waals surface area contributed by atoms with Crippen LogP contribution in [-0.4, -0.2) is 5.71 Å². The Bertz CT molecular complexity index is 258. The van der Waals surface area contributed by atoms with Gasteiger partial charge in [0.25, 0.3) is 0 Å². The van der Waals surface area contributed by atoms with Crippen LogP contribution in [0.1, 0.15) is 0 Å². The van der Waals surface area contributed by atoms with Crippen molar-refractivity contribution in [2.75, 3.05) is 0 Å². The lowest BCUT2D eigenvalue weighted by Crippen LogP contribution is -2.00. The zero-order valence-corrected chi connectivity index (χ0v) is 7.30. The van der Waals surface area contributed by atoms with Crippen molar-refractivity contribution >= 4 is 21.6 Å². The van der Waals surface area contributed by atoms with Gasteiger partial charge in [-0.3, -0.25) is 0 Å². The van der Waals surface area contributed by atoms with Gasteiger partial charge in [-0.05, 0) is 15.9 Å². The Morgan fingerprint density at radius 2 is 2.27 bits per heavy atom. The van der Waals surface area contributed by atoms with Gasteiger partial charge in [0.1, 0.15) is 11.9 Å². The van der Waals surface area contributed by atoms with E-state index in [1.807, 2.05) is 0 Å². The number of hydrogen-bond donors (Lipinski definition) is 2. The molecule has 11 heavy (non-hydrogen) atoms. The summed E-state index contributed by atoms with van der Waals surface area (Å²) in [6.45, 7) is 3.31. The SMILES string of the molecule is C=C(N)/N=C(C#N)\C(Br)=C/N. The van der Waals surface area contributed by atoms with E-state index in [1.54, 1.807) is 6.07 Å². The molecule has 0 amide bonds. The van der Waals surface area contributed by atoms with Gasteiger partial charge in [-0.1, -0.05) is 6.58 Å². The number of nitrogens with zero attached hydrogens (tertiary/aromatic N) is 2. The quantitative estimate of drug-likeness (QED) is 0.660. The predicted octanol–water partition coefficient (Wildman–Crippen LogP) is 0.576. The highest BCUT2D eigenvalue weighted by molar-refractivity contribution is 9.12. The number of nitriles is 1. The molecule has 0 aromatic heterocycles. The molecule has 0 atom stereocenters. The molecule has 4 nitrogen and oxygen atoms in total. The van der Waals surface area contributed by atoms with Crippen LogP contribution in [0.4, 0.5) is 0 Å². The maximum atomic E-state index is 8.47. The molecule has 0 rings (SSSR count). The molecule has 0 spiro atoms. The number of halogens is 1. The van der Waals surface area contributed by atoms with E-state index in [0.29, 0.717) is 4.48 Å². The van der Waals surface area contributed by atoms with Crippen molar-refractivity contribution in [3.05, 3.63) is 23.1 Å². The molecule has 0 bridgehead atoms. The first kappa shape index (κ1) is 9.72. The number of rotatable bonds is 2. The summed E-state index contributed by atoms with van der Waals surface area (Å²) < 4.78 is 0.395. The normalized spacial score (nSPS) is 12.4. The Kier molecular flexibility index (Phi) is 4.00. The summed E-state index contributed by atoms with van der Waals surface area (Å²) in [5, 5.41) is 8.47. The molecule has 0 aliphatic carbocycles. The monoisotopic (exact) mass is 214 g/mol. The van der Waals surface area contributed by atoms with Crippen molar-refractivity contribution in [3.8, 4) is 6.07 Å². The molecule has 0 radical (unpaired) electrons. The molecule has 0 aromatic rings. The summed E-state index contributed by atoms with van der Waals surface area (Å²) in [7, 11) is 0. The van der Waals surface area contributed by atoms with Gasteiger partial charge in [-0.15, -0.1) is 0 Å². The van der Waals surface area contributed by atoms with Crippen LogP contribution in [-0.2, 0) is 0 Å². The molecular formula is C6H7BrN4. The van der Waals surface area contributed by atoms with Gasteiger partial charge in [-0.25, -0.2) is 4.99 Å². The summed E-state index contributed by atoms with van der Waals surface area (Å²) in [5.41, 5.74) is 10.4. The first-order chi connectivity index (χ1) is 5.11. The van der Waals surface area contributed by atoms with E-state index >= 15 is 0 Å². The first-order valence-corrected chi connectivity index (χ1v) is 3.42. The van der Waals surface area contributed by atoms with E-state index < -0.39 is 0 Å². The van der Waals surface area contributed by atoms with Crippen LogP contribution in [0, 0.1) is 11.3 Å². The van der Waals surface area contributed by atoms with E-state index in [2.05, 4.69) is 27.5 Å². The van der Waals surface area contributed by atoms with Crippen molar-refractivity contribution in [2.24, 2.45) is 16.5 Å². The lowest BCUT2D eigenvalue weighted by atomic mass is 10.4. The fourth-order valence-electron chi connectivity index (χ4n) is 0.354. The molecule has 0 aliphatic rings. The van der Waals surface area contributed by atoms with Crippen molar-refractivity contribution < 1.29 is 0 Å². The minimum absolute atomic E-state index is 0.0698. The number of allylic oxidation sites excluding steroid dienone is 1.